The molecule has 6 nitrogen and oxygen atoms in total. The number of nitrogens with zero attached hydrogens (tertiary/aromatic N) is 3. The molecule has 1 N–H and O–H groups in total. The van der Waals surface area contributed by atoms with Gasteiger partial charge in [-0.2, -0.15) is 0 Å². The number of fused-ring (bicyclic) bond motifs is 1. The molecule has 138 valence electrons. The van der Waals surface area contributed by atoms with Crippen LogP contribution in [0.15, 0.2) is 35.5 Å². The third-order valence-electron chi connectivity index (χ3n) is 5.88. The lowest BCUT2D eigenvalue weighted by Crippen LogP contribution is -2.17. The molecule has 2 aliphatic carbocycles. The smallest absolute Gasteiger partial charge is 0.305 e. The largest absolute Gasteiger partial charge is 0.469 e. The van der Waals surface area contributed by atoms with Gasteiger partial charge in [-0.15, -0.1) is 0 Å². The summed E-state index contributed by atoms with van der Waals surface area (Å²) in [6.07, 6.45) is 8.27. The fourth-order valence-electron chi connectivity index (χ4n) is 4.63. The van der Waals surface area contributed by atoms with Gasteiger partial charge in [-0.1, -0.05) is 41.5 Å². The van der Waals surface area contributed by atoms with Crippen LogP contribution in [0.1, 0.15) is 37.7 Å². The zero-order valence-corrected chi connectivity index (χ0v) is 15.0. The summed E-state index contributed by atoms with van der Waals surface area (Å²) in [5.74, 6) is 1.62. The van der Waals surface area contributed by atoms with Gasteiger partial charge in [0.2, 0.25) is 0 Å². The maximum Gasteiger partial charge on any atom is 0.305 e. The molecule has 2 saturated carbocycles. The zero-order valence-electron chi connectivity index (χ0n) is 15.0. The lowest BCUT2D eigenvalue weighted by Gasteiger charge is -2.18. The number of carbonyl (C=O) groups is 1. The van der Waals surface area contributed by atoms with Crippen LogP contribution < -0.4 is 0 Å². The fourth-order valence-corrected chi connectivity index (χ4v) is 4.63. The third-order valence-corrected chi connectivity index (χ3v) is 5.88. The SMILES string of the molecule is COC(=O)CCC1C[C@H]2C[C@@H](O)[C@H](/C=C/c3ccc(N=[N+]=[N-])cc3)[C@H]2C1. The lowest BCUT2D eigenvalue weighted by atomic mass is 9.89. The summed E-state index contributed by atoms with van der Waals surface area (Å²) in [5, 5.41) is 14.0. The molecular weight excluding hydrogens is 330 g/mol. The molecular formula is C20H25N3O3. The second-order valence-corrected chi connectivity index (χ2v) is 7.40. The van der Waals surface area contributed by atoms with Gasteiger partial charge in [-0.25, -0.2) is 0 Å². The quantitative estimate of drug-likeness (QED) is 0.349. The van der Waals surface area contributed by atoms with Crippen molar-refractivity contribution in [3.63, 3.8) is 0 Å². The second-order valence-electron chi connectivity index (χ2n) is 7.40. The molecule has 1 aromatic rings. The first-order chi connectivity index (χ1) is 12.6. The van der Waals surface area contributed by atoms with Crippen LogP contribution in [0.2, 0.25) is 0 Å². The van der Waals surface area contributed by atoms with E-state index in [4.69, 9.17) is 10.3 Å². The maximum absolute atomic E-state index is 11.4. The Morgan fingerprint density at radius 1 is 1.35 bits per heavy atom. The Morgan fingerprint density at radius 2 is 2.12 bits per heavy atom. The number of methoxy groups -OCH3 is 1. The lowest BCUT2D eigenvalue weighted by molar-refractivity contribution is -0.140. The van der Waals surface area contributed by atoms with E-state index >= 15 is 0 Å². The van der Waals surface area contributed by atoms with Crippen molar-refractivity contribution in [3.05, 3.63) is 46.3 Å². The Hall–Kier alpha value is -2.30. The van der Waals surface area contributed by atoms with E-state index in [0.717, 1.165) is 31.2 Å². The molecule has 26 heavy (non-hydrogen) atoms. The first kappa shape index (κ1) is 18.5. The highest BCUT2D eigenvalue weighted by atomic mass is 16.5. The van der Waals surface area contributed by atoms with Crippen LogP contribution in [-0.2, 0) is 9.53 Å². The van der Waals surface area contributed by atoms with E-state index in [1.807, 2.05) is 18.2 Å². The van der Waals surface area contributed by atoms with Crippen molar-refractivity contribution in [1.82, 2.24) is 0 Å². The molecule has 2 fully saturated rings. The van der Waals surface area contributed by atoms with Crippen molar-refractivity contribution in [3.8, 4) is 0 Å². The Bertz CT molecular complexity index is 710. The Balaban J connectivity index is 1.60. The number of azide groups is 1. The van der Waals surface area contributed by atoms with E-state index in [2.05, 4.69) is 16.1 Å². The Morgan fingerprint density at radius 3 is 2.81 bits per heavy atom. The fraction of sp³-hybridized carbons (Fsp3) is 0.550. The summed E-state index contributed by atoms with van der Waals surface area (Å²) < 4.78 is 4.74. The van der Waals surface area contributed by atoms with E-state index < -0.39 is 0 Å². The first-order valence-electron chi connectivity index (χ1n) is 9.19. The number of esters is 1. The van der Waals surface area contributed by atoms with Crippen LogP contribution in [0.4, 0.5) is 5.69 Å². The minimum atomic E-state index is -0.287. The summed E-state index contributed by atoms with van der Waals surface area (Å²) in [6, 6.07) is 7.39. The topological polar surface area (TPSA) is 95.3 Å². The molecule has 0 heterocycles. The Labute approximate surface area is 153 Å². The Kier molecular flexibility index (Phi) is 5.96. The number of benzene rings is 1. The van der Waals surface area contributed by atoms with Crippen molar-refractivity contribution in [2.45, 2.75) is 38.2 Å². The predicted molar refractivity (Wildman–Crippen MR) is 99.3 cm³/mol. The monoisotopic (exact) mass is 355 g/mol. The third kappa shape index (κ3) is 4.26. The highest BCUT2D eigenvalue weighted by Crippen LogP contribution is 2.51. The molecule has 0 amide bonds. The number of carbonyl (C=O) groups excluding carboxylic acids is 1. The molecule has 0 aliphatic heterocycles. The average Bonchev–Trinajstić information content (AvgIpc) is 3.16. The van der Waals surface area contributed by atoms with E-state index in [9.17, 15) is 9.90 Å². The molecule has 0 aromatic heterocycles. The standard InChI is InChI=1S/C20H25N3O3/c1-26-20(25)9-5-14-10-15-12-19(24)17(18(15)11-14)8-4-13-2-6-16(7-3-13)22-23-21/h2-4,6-8,14-15,17-19,24H,5,9-12H2,1H3/b8-4+/t14?,15-,17+,18-,19+/m0/s1. The minimum Gasteiger partial charge on any atom is -0.469 e. The molecule has 5 atom stereocenters. The van der Waals surface area contributed by atoms with Crippen LogP contribution in [-0.4, -0.2) is 24.3 Å². The van der Waals surface area contributed by atoms with Crippen molar-refractivity contribution in [2.24, 2.45) is 28.8 Å². The molecule has 2 aliphatic rings. The van der Waals surface area contributed by atoms with E-state index in [-0.39, 0.29) is 18.0 Å². The van der Waals surface area contributed by atoms with Crippen LogP contribution in [0, 0.1) is 23.7 Å². The highest BCUT2D eigenvalue weighted by Gasteiger charge is 2.46. The number of aliphatic hydroxyl groups excluding tert-OH is 1. The van der Waals surface area contributed by atoms with Crippen molar-refractivity contribution in [2.75, 3.05) is 7.11 Å². The number of hydrogen-bond acceptors (Lipinski definition) is 4. The summed E-state index contributed by atoms with van der Waals surface area (Å²) >= 11 is 0. The molecule has 3 rings (SSSR count). The van der Waals surface area contributed by atoms with Gasteiger partial charge in [0.25, 0.3) is 0 Å². The number of aliphatic hydroxyl groups is 1. The van der Waals surface area contributed by atoms with Gasteiger partial charge in [0.15, 0.2) is 0 Å². The summed E-state index contributed by atoms with van der Waals surface area (Å²) in [7, 11) is 1.43. The zero-order chi connectivity index (χ0) is 18.5. The molecule has 1 aromatic carbocycles. The van der Waals surface area contributed by atoms with Crippen molar-refractivity contribution in [1.29, 1.82) is 0 Å². The van der Waals surface area contributed by atoms with Gasteiger partial charge in [-0.3, -0.25) is 4.79 Å². The molecule has 0 radical (unpaired) electrons. The van der Waals surface area contributed by atoms with Crippen molar-refractivity contribution >= 4 is 17.7 Å². The normalized spacial score (nSPS) is 30.2. The van der Waals surface area contributed by atoms with Gasteiger partial charge in [-0.05, 0) is 54.5 Å². The summed E-state index contributed by atoms with van der Waals surface area (Å²) in [4.78, 5) is 14.1. The predicted octanol–water partition coefficient (Wildman–Crippen LogP) is 4.62. The van der Waals surface area contributed by atoms with E-state index in [1.165, 1.54) is 7.11 Å². The van der Waals surface area contributed by atoms with Gasteiger partial charge < -0.3 is 9.84 Å². The minimum absolute atomic E-state index is 0.136. The summed E-state index contributed by atoms with van der Waals surface area (Å²) in [5.41, 5.74) is 10.1. The highest BCUT2D eigenvalue weighted by molar-refractivity contribution is 5.69. The van der Waals surface area contributed by atoms with Crippen LogP contribution in [0.5, 0.6) is 0 Å². The van der Waals surface area contributed by atoms with Crippen LogP contribution >= 0.6 is 0 Å². The van der Waals surface area contributed by atoms with E-state index in [0.29, 0.717) is 29.9 Å². The van der Waals surface area contributed by atoms with Gasteiger partial charge in [0.05, 0.1) is 13.2 Å². The molecule has 6 heteroatoms. The summed E-state index contributed by atoms with van der Waals surface area (Å²) in [6.45, 7) is 0. The second kappa shape index (κ2) is 8.39. The van der Waals surface area contributed by atoms with Gasteiger partial charge in [0.1, 0.15) is 0 Å². The number of ether oxygens (including phenoxy) is 1. The average molecular weight is 355 g/mol. The molecule has 0 saturated heterocycles. The number of rotatable bonds is 6. The molecule has 0 spiro atoms. The van der Waals surface area contributed by atoms with Gasteiger partial charge in [0, 0.05) is 22.9 Å². The first-order valence-corrected chi connectivity index (χ1v) is 9.19. The molecule has 0 bridgehead atoms. The van der Waals surface area contributed by atoms with Crippen LogP contribution in [0.3, 0.4) is 0 Å². The number of hydrogen-bond donors (Lipinski definition) is 1. The maximum atomic E-state index is 11.4. The molecule has 1 unspecified atom stereocenters. The van der Waals surface area contributed by atoms with Crippen LogP contribution in [0.25, 0.3) is 16.5 Å². The van der Waals surface area contributed by atoms with E-state index in [1.54, 1.807) is 12.1 Å². The van der Waals surface area contributed by atoms with Crippen molar-refractivity contribution < 1.29 is 14.6 Å². The van der Waals surface area contributed by atoms with Gasteiger partial charge >= 0.3 is 5.97 Å².